The van der Waals surface area contributed by atoms with Crippen LogP contribution in [0.3, 0.4) is 0 Å². The molecule has 19 heavy (non-hydrogen) atoms. The highest BCUT2D eigenvalue weighted by Crippen LogP contribution is 2.27. The van der Waals surface area contributed by atoms with Gasteiger partial charge in [0.1, 0.15) is 0 Å². The Morgan fingerprint density at radius 2 is 2.26 bits per heavy atom. The Morgan fingerprint density at radius 1 is 1.42 bits per heavy atom. The number of benzene rings is 1. The first-order valence-electron chi connectivity index (χ1n) is 5.80. The van der Waals surface area contributed by atoms with Crippen LogP contribution < -0.4 is 5.32 Å². The fraction of sp³-hybridized carbons (Fsp3) is 0.308. The number of oxazole rings is 1. The number of ether oxygens (including phenoxy) is 1. The summed E-state index contributed by atoms with van der Waals surface area (Å²) >= 11 is 9.41. The molecule has 0 saturated heterocycles. The molecule has 1 aromatic heterocycles. The second-order valence-electron chi connectivity index (χ2n) is 3.95. The number of methoxy groups -OCH3 is 1. The number of hydrogen-bond acceptors (Lipinski definition) is 4. The van der Waals surface area contributed by atoms with Crippen molar-refractivity contribution < 1.29 is 9.15 Å². The topological polar surface area (TPSA) is 47.3 Å². The molecule has 0 unspecified atom stereocenters. The minimum Gasteiger partial charge on any atom is -0.439 e. The van der Waals surface area contributed by atoms with Crippen LogP contribution in [0.2, 0.25) is 5.02 Å². The molecule has 0 spiro atoms. The van der Waals surface area contributed by atoms with Crippen LogP contribution in [-0.4, -0.2) is 25.2 Å². The molecular weight excluding hydrogens is 332 g/mol. The summed E-state index contributed by atoms with van der Waals surface area (Å²) in [7, 11) is 1.67. The van der Waals surface area contributed by atoms with Gasteiger partial charge >= 0.3 is 0 Å². The maximum atomic E-state index is 6.01. The number of halogens is 2. The van der Waals surface area contributed by atoms with Crippen molar-refractivity contribution in [2.75, 3.05) is 20.3 Å². The van der Waals surface area contributed by atoms with Gasteiger partial charge < -0.3 is 14.5 Å². The Labute approximate surface area is 125 Å². The molecule has 0 aliphatic carbocycles. The third-order valence-electron chi connectivity index (χ3n) is 2.46. The fourth-order valence-electron chi connectivity index (χ4n) is 1.59. The lowest BCUT2D eigenvalue weighted by molar-refractivity contribution is 0.198. The van der Waals surface area contributed by atoms with Gasteiger partial charge in [0.05, 0.1) is 19.3 Å². The van der Waals surface area contributed by atoms with Crippen molar-refractivity contribution in [1.29, 1.82) is 0 Å². The van der Waals surface area contributed by atoms with Crippen LogP contribution in [0.5, 0.6) is 0 Å². The van der Waals surface area contributed by atoms with Crippen molar-refractivity contribution in [2.24, 2.45) is 0 Å². The number of nitrogens with one attached hydrogen (secondary N) is 1. The highest BCUT2D eigenvalue weighted by Gasteiger charge is 2.07. The van der Waals surface area contributed by atoms with Gasteiger partial charge in [-0.2, -0.15) is 0 Å². The van der Waals surface area contributed by atoms with Crippen LogP contribution in [-0.2, 0) is 11.3 Å². The van der Waals surface area contributed by atoms with E-state index in [1.807, 2.05) is 18.2 Å². The van der Waals surface area contributed by atoms with Gasteiger partial charge in [-0.25, -0.2) is 4.98 Å². The van der Waals surface area contributed by atoms with E-state index in [-0.39, 0.29) is 0 Å². The zero-order valence-corrected chi connectivity index (χ0v) is 12.8. The van der Waals surface area contributed by atoms with Crippen molar-refractivity contribution in [3.63, 3.8) is 0 Å². The first-order valence-corrected chi connectivity index (χ1v) is 6.97. The Bertz CT molecular complexity index is 525. The third kappa shape index (κ3) is 4.31. The Hall–Kier alpha value is -0.880. The van der Waals surface area contributed by atoms with E-state index in [1.54, 1.807) is 13.3 Å². The molecule has 0 fully saturated rings. The van der Waals surface area contributed by atoms with Gasteiger partial charge in [0.15, 0.2) is 5.76 Å². The maximum absolute atomic E-state index is 6.01. The van der Waals surface area contributed by atoms with E-state index in [0.717, 1.165) is 16.6 Å². The molecule has 0 radical (unpaired) electrons. The molecular formula is C13H14BrClN2O2. The highest BCUT2D eigenvalue weighted by atomic mass is 79.9. The van der Waals surface area contributed by atoms with E-state index in [0.29, 0.717) is 29.8 Å². The average Bonchev–Trinajstić information content (AvgIpc) is 2.82. The molecule has 4 nitrogen and oxygen atoms in total. The summed E-state index contributed by atoms with van der Waals surface area (Å²) in [6.45, 7) is 2.00. The summed E-state index contributed by atoms with van der Waals surface area (Å²) in [5.41, 5.74) is 0.898. The molecule has 0 amide bonds. The van der Waals surface area contributed by atoms with Crippen LogP contribution in [0.15, 0.2) is 33.3 Å². The number of aromatic nitrogens is 1. The maximum Gasteiger partial charge on any atom is 0.208 e. The van der Waals surface area contributed by atoms with Crippen molar-refractivity contribution in [3.05, 3.63) is 39.8 Å². The van der Waals surface area contributed by atoms with Crippen molar-refractivity contribution in [3.8, 4) is 11.3 Å². The summed E-state index contributed by atoms with van der Waals surface area (Å²) in [5.74, 6) is 1.34. The van der Waals surface area contributed by atoms with Crippen LogP contribution in [0.1, 0.15) is 5.89 Å². The van der Waals surface area contributed by atoms with Gasteiger partial charge in [-0.15, -0.1) is 0 Å². The normalized spacial score (nSPS) is 10.9. The first-order chi connectivity index (χ1) is 9.19. The van der Waals surface area contributed by atoms with E-state index in [1.165, 1.54) is 0 Å². The Morgan fingerprint density at radius 3 is 3.00 bits per heavy atom. The molecule has 1 N–H and O–H groups in total. The molecule has 2 aromatic rings. The molecule has 0 aliphatic rings. The fourth-order valence-corrected chi connectivity index (χ4v) is 2.45. The van der Waals surface area contributed by atoms with Crippen molar-refractivity contribution in [2.45, 2.75) is 6.54 Å². The molecule has 0 bridgehead atoms. The van der Waals surface area contributed by atoms with Crippen LogP contribution in [0.4, 0.5) is 0 Å². The van der Waals surface area contributed by atoms with E-state index in [2.05, 4.69) is 26.2 Å². The summed E-state index contributed by atoms with van der Waals surface area (Å²) in [6, 6.07) is 5.61. The lowest BCUT2D eigenvalue weighted by Gasteiger charge is -2.01. The number of nitrogens with zero attached hydrogens (tertiary/aromatic N) is 1. The van der Waals surface area contributed by atoms with E-state index < -0.39 is 0 Å². The Balaban J connectivity index is 2.03. The number of rotatable bonds is 6. The first kappa shape index (κ1) is 14.5. The van der Waals surface area contributed by atoms with E-state index in [9.17, 15) is 0 Å². The predicted molar refractivity (Wildman–Crippen MR) is 78.2 cm³/mol. The summed E-state index contributed by atoms with van der Waals surface area (Å²) in [4.78, 5) is 4.22. The third-order valence-corrected chi connectivity index (χ3v) is 3.14. The van der Waals surface area contributed by atoms with Gasteiger partial charge in [-0.3, -0.25) is 0 Å². The van der Waals surface area contributed by atoms with E-state index in [4.69, 9.17) is 20.8 Å². The summed E-state index contributed by atoms with van der Waals surface area (Å²) < 4.78 is 11.5. The van der Waals surface area contributed by atoms with Crippen molar-refractivity contribution >= 4 is 27.5 Å². The molecule has 0 aliphatic heterocycles. The molecule has 2 rings (SSSR count). The standard InChI is InChI=1S/C13H14BrClN2O2/c1-18-3-2-16-8-13-17-7-12(19-13)9-4-10(14)6-11(15)5-9/h4-7,16H,2-3,8H2,1H3. The molecule has 0 saturated carbocycles. The molecule has 6 heteroatoms. The lowest BCUT2D eigenvalue weighted by Crippen LogP contribution is -2.18. The second kappa shape index (κ2) is 7.05. The van der Waals surface area contributed by atoms with E-state index >= 15 is 0 Å². The quantitative estimate of drug-likeness (QED) is 0.814. The van der Waals surface area contributed by atoms with Gasteiger partial charge in [0.2, 0.25) is 5.89 Å². The largest absolute Gasteiger partial charge is 0.439 e. The smallest absolute Gasteiger partial charge is 0.208 e. The summed E-state index contributed by atoms with van der Waals surface area (Å²) in [5, 5.41) is 3.83. The SMILES string of the molecule is COCCNCc1ncc(-c2cc(Cl)cc(Br)c2)o1. The van der Waals surface area contributed by atoms with Crippen LogP contribution >= 0.6 is 27.5 Å². The Kier molecular flexibility index (Phi) is 5.39. The monoisotopic (exact) mass is 344 g/mol. The predicted octanol–water partition coefficient (Wildman–Crippen LogP) is 3.49. The van der Waals surface area contributed by atoms with Crippen molar-refractivity contribution in [1.82, 2.24) is 10.3 Å². The van der Waals surface area contributed by atoms with Gasteiger partial charge in [0.25, 0.3) is 0 Å². The molecule has 1 aromatic carbocycles. The molecule has 1 heterocycles. The summed E-state index contributed by atoms with van der Waals surface area (Å²) in [6.07, 6.45) is 1.70. The van der Waals surface area contributed by atoms with Gasteiger partial charge in [0, 0.05) is 28.7 Å². The number of hydrogen-bond donors (Lipinski definition) is 1. The molecule has 0 atom stereocenters. The van der Waals surface area contributed by atoms with Crippen LogP contribution in [0.25, 0.3) is 11.3 Å². The second-order valence-corrected chi connectivity index (χ2v) is 5.30. The lowest BCUT2D eigenvalue weighted by atomic mass is 10.2. The minimum absolute atomic E-state index is 0.574. The van der Waals surface area contributed by atoms with Crippen LogP contribution in [0, 0.1) is 0 Å². The van der Waals surface area contributed by atoms with Gasteiger partial charge in [-0.1, -0.05) is 27.5 Å². The zero-order chi connectivity index (χ0) is 13.7. The minimum atomic E-state index is 0.574. The van der Waals surface area contributed by atoms with Gasteiger partial charge in [-0.05, 0) is 18.2 Å². The zero-order valence-electron chi connectivity index (χ0n) is 10.5. The average molecular weight is 346 g/mol. The highest BCUT2D eigenvalue weighted by molar-refractivity contribution is 9.10. The molecule has 102 valence electrons.